The molecule has 0 spiro atoms. The maximum atomic E-state index is 12.1. The number of H-pyrrole nitrogens is 1. The third kappa shape index (κ3) is 4.18. The Morgan fingerprint density at radius 3 is 2.74 bits per heavy atom. The van der Waals surface area contributed by atoms with Gasteiger partial charge in [-0.3, -0.25) is 14.8 Å². The van der Waals surface area contributed by atoms with Gasteiger partial charge in [-0.15, -0.1) is 0 Å². The summed E-state index contributed by atoms with van der Waals surface area (Å²) in [7, 11) is 0. The van der Waals surface area contributed by atoms with Crippen LogP contribution in [0.2, 0.25) is 0 Å². The summed E-state index contributed by atoms with van der Waals surface area (Å²) in [6, 6.07) is 11.7. The minimum Gasteiger partial charge on any atom is -0.396 e. The molecule has 1 fully saturated rings. The maximum Gasteiger partial charge on any atom is 0.239 e. The first kappa shape index (κ1) is 15.7. The zero-order valence-corrected chi connectivity index (χ0v) is 13.0. The summed E-state index contributed by atoms with van der Waals surface area (Å²) in [5.41, 5.74) is 1.91. The van der Waals surface area contributed by atoms with Crippen molar-refractivity contribution in [2.24, 2.45) is 5.92 Å². The molecule has 1 saturated heterocycles. The van der Waals surface area contributed by atoms with Gasteiger partial charge in [-0.2, -0.15) is 5.10 Å². The number of hydrogen-bond donors (Lipinski definition) is 3. The highest BCUT2D eigenvalue weighted by Crippen LogP contribution is 2.19. The molecule has 0 radical (unpaired) electrons. The van der Waals surface area contributed by atoms with Crippen molar-refractivity contribution in [3.05, 3.63) is 36.4 Å². The standard InChI is InChI=1S/C17H22N4O2/c22-12-13-6-8-21(9-7-13)11-17(23)18-16-10-15(19-20-16)14-4-2-1-3-5-14/h1-5,10,13,22H,6-9,11-12H2,(H2,18,19,20,23). The zero-order chi connectivity index (χ0) is 16.1. The molecule has 122 valence electrons. The molecule has 0 unspecified atom stereocenters. The average molecular weight is 314 g/mol. The molecular formula is C17H22N4O2. The van der Waals surface area contributed by atoms with E-state index < -0.39 is 0 Å². The highest BCUT2D eigenvalue weighted by molar-refractivity contribution is 5.91. The Morgan fingerprint density at radius 2 is 2.04 bits per heavy atom. The predicted octanol–water partition coefficient (Wildman–Crippen LogP) is 1.72. The summed E-state index contributed by atoms with van der Waals surface area (Å²) in [5, 5.41) is 19.1. The molecule has 0 atom stereocenters. The average Bonchev–Trinajstić information content (AvgIpc) is 3.04. The van der Waals surface area contributed by atoms with E-state index >= 15 is 0 Å². The van der Waals surface area contributed by atoms with E-state index in [1.807, 2.05) is 36.4 Å². The third-order valence-corrected chi connectivity index (χ3v) is 4.26. The number of likely N-dealkylation sites (tertiary alicyclic amines) is 1. The van der Waals surface area contributed by atoms with Crippen molar-refractivity contribution in [2.45, 2.75) is 12.8 Å². The number of nitrogens with zero attached hydrogens (tertiary/aromatic N) is 2. The first-order valence-electron chi connectivity index (χ1n) is 7.98. The number of nitrogens with one attached hydrogen (secondary N) is 2. The Labute approximate surface area is 135 Å². The van der Waals surface area contributed by atoms with Gasteiger partial charge in [0.2, 0.25) is 5.91 Å². The lowest BCUT2D eigenvalue weighted by Gasteiger charge is -2.30. The largest absolute Gasteiger partial charge is 0.396 e. The van der Waals surface area contributed by atoms with Gasteiger partial charge in [-0.25, -0.2) is 0 Å². The minimum atomic E-state index is -0.0569. The van der Waals surface area contributed by atoms with Gasteiger partial charge in [-0.1, -0.05) is 30.3 Å². The smallest absolute Gasteiger partial charge is 0.239 e. The van der Waals surface area contributed by atoms with E-state index in [0.717, 1.165) is 37.2 Å². The number of anilines is 1. The number of carbonyl (C=O) groups is 1. The van der Waals surface area contributed by atoms with Crippen molar-refractivity contribution in [1.82, 2.24) is 15.1 Å². The Balaban J connectivity index is 1.52. The summed E-state index contributed by atoms with van der Waals surface area (Å²) in [5.74, 6) is 0.867. The predicted molar refractivity (Wildman–Crippen MR) is 88.9 cm³/mol. The lowest BCUT2D eigenvalue weighted by molar-refractivity contribution is -0.117. The zero-order valence-electron chi connectivity index (χ0n) is 13.0. The SMILES string of the molecule is O=C(CN1CCC(CO)CC1)Nc1cc(-c2ccccc2)[nH]n1. The van der Waals surface area contributed by atoms with Crippen molar-refractivity contribution in [1.29, 1.82) is 0 Å². The van der Waals surface area contributed by atoms with Gasteiger partial charge in [0.15, 0.2) is 5.82 Å². The second-order valence-corrected chi connectivity index (χ2v) is 5.98. The van der Waals surface area contributed by atoms with Crippen molar-refractivity contribution < 1.29 is 9.90 Å². The number of aromatic nitrogens is 2. The van der Waals surface area contributed by atoms with Gasteiger partial charge in [0, 0.05) is 12.7 Å². The maximum absolute atomic E-state index is 12.1. The van der Waals surface area contributed by atoms with Crippen LogP contribution in [-0.2, 0) is 4.79 Å². The van der Waals surface area contributed by atoms with E-state index in [-0.39, 0.29) is 12.5 Å². The summed E-state index contributed by atoms with van der Waals surface area (Å²) in [6.07, 6.45) is 1.90. The van der Waals surface area contributed by atoms with Crippen LogP contribution in [0, 0.1) is 5.92 Å². The Bertz CT molecular complexity index is 633. The van der Waals surface area contributed by atoms with Crippen LogP contribution in [0.25, 0.3) is 11.3 Å². The monoisotopic (exact) mass is 314 g/mol. The first-order chi connectivity index (χ1) is 11.2. The molecule has 1 aromatic carbocycles. The number of benzene rings is 1. The normalized spacial score (nSPS) is 16.4. The van der Waals surface area contributed by atoms with Crippen molar-refractivity contribution in [2.75, 3.05) is 31.6 Å². The van der Waals surface area contributed by atoms with E-state index in [2.05, 4.69) is 20.4 Å². The van der Waals surface area contributed by atoms with Crippen LogP contribution in [-0.4, -0.2) is 52.4 Å². The fraction of sp³-hybridized carbons (Fsp3) is 0.412. The highest BCUT2D eigenvalue weighted by atomic mass is 16.3. The number of rotatable bonds is 5. The molecule has 3 rings (SSSR count). The van der Waals surface area contributed by atoms with Crippen LogP contribution in [0.4, 0.5) is 5.82 Å². The summed E-state index contributed by atoms with van der Waals surface area (Å²) in [4.78, 5) is 14.2. The molecule has 0 bridgehead atoms. The van der Waals surface area contributed by atoms with Crippen LogP contribution in [0.15, 0.2) is 36.4 Å². The molecule has 1 aliphatic rings. The van der Waals surface area contributed by atoms with Crippen LogP contribution >= 0.6 is 0 Å². The highest BCUT2D eigenvalue weighted by Gasteiger charge is 2.20. The quantitative estimate of drug-likeness (QED) is 0.785. The van der Waals surface area contributed by atoms with Crippen LogP contribution in [0.1, 0.15) is 12.8 Å². The Kier molecular flexibility index (Phi) is 5.05. The fourth-order valence-electron chi connectivity index (χ4n) is 2.86. The molecule has 2 aromatic rings. The topological polar surface area (TPSA) is 81.3 Å². The molecule has 23 heavy (non-hydrogen) atoms. The molecule has 6 nitrogen and oxygen atoms in total. The van der Waals surface area contributed by atoms with Crippen LogP contribution < -0.4 is 5.32 Å². The van der Waals surface area contributed by atoms with E-state index in [0.29, 0.717) is 18.3 Å². The lowest BCUT2D eigenvalue weighted by atomic mass is 9.98. The van der Waals surface area contributed by atoms with E-state index in [4.69, 9.17) is 5.11 Å². The number of piperidine rings is 1. The van der Waals surface area contributed by atoms with E-state index in [1.165, 1.54) is 0 Å². The molecular weight excluding hydrogens is 292 g/mol. The van der Waals surface area contributed by atoms with Gasteiger partial charge in [-0.05, 0) is 37.4 Å². The van der Waals surface area contributed by atoms with Crippen LogP contribution in [0.5, 0.6) is 0 Å². The number of carbonyl (C=O) groups excluding carboxylic acids is 1. The van der Waals surface area contributed by atoms with Crippen molar-refractivity contribution >= 4 is 11.7 Å². The second-order valence-electron chi connectivity index (χ2n) is 5.98. The summed E-state index contributed by atoms with van der Waals surface area (Å²) in [6.45, 7) is 2.32. The molecule has 1 aliphatic heterocycles. The third-order valence-electron chi connectivity index (χ3n) is 4.26. The molecule has 3 N–H and O–H groups in total. The van der Waals surface area contributed by atoms with Gasteiger partial charge < -0.3 is 10.4 Å². The van der Waals surface area contributed by atoms with Crippen molar-refractivity contribution in [3.63, 3.8) is 0 Å². The van der Waals surface area contributed by atoms with Crippen molar-refractivity contribution in [3.8, 4) is 11.3 Å². The summed E-state index contributed by atoms with van der Waals surface area (Å²) < 4.78 is 0. The number of aromatic amines is 1. The lowest BCUT2D eigenvalue weighted by Crippen LogP contribution is -2.39. The minimum absolute atomic E-state index is 0.0569. The van der Waals surface area contributed by atoms with Gasteiger partial charge >= 0.3 is 0 Å². The Morgan fingerprint density at radius 1 is 1.30 bits per heavy atom. The number of hydrogen-bond acceptors (Lipinski definition) is 4. The number of aliphatic hydroxyl groups excluding tert-OH is 1. The number of amides is 1. The van der Waals surface area contributed by atoms with E-state index in [1.54, 1.807) is 0 Å². The van der Waals surface area contributed by atoms with E-state index in [9.17, 15) is 4.79 Å². The number of aliphatic hydroxyl groups is 1. The fourth-order valence-corrected chi connectivity index (χ4v) is 2.86. The molecule has 0 aliphatic carbocycles. The van der Waals surface area contributed by atoms with Gasteiger partial charge in [0.1, 0.15) is 0 Å². The molecule has 2 heterocycles. The molecule has 0 saturated carbocycles. The van der Waals surface area contributed by atoms with Crippen LogP contribution in [0.3, 0.4) is 0 Å². The summed E-state index contributed by atoms with van der Waals surface area (Å²) >= 11 is 0. The molecule has 1 amide bonds. The van der Waals surface area contributed by atoms with Gasteiger partial charge in [0.25, 0.3) is 0 Å². The molecule has 6 heteroatoms. The first-order valence-corrected chi connectivity index (χ1v) is 7.98. The molecule has 1 aromatic heterocycles. The Hall–Kier alpha value is -2.18. The second kappa shape index (κ2) is 7.39. The van der Waals surface area contributed by atoms with Gasteiger partial charge in [0.05, 0.1) is 12.2 Å².